The topological polar surface area (TPSA) is 81.0 Å². The highest BCUT2D eigenvalue weighted by molar-refractivity contribution is 7.99. The van der Waals surface area contributed by atoms with Crippen molar-refractivity contribution >= 4 is 29.1 Å². The lowest BCUT2D eigenvalue weighted by Crippen LogP contribution is -2.23. The molecule has 0 unspecified atom stereocenters. The molecule has 1 aliphatic carbocycles. The van der Waals surface area contributed by atoms with Crippen LogP contribution in [0, 0.1) is 0 Å². The number of benzene rings is 1. The van der Waals surface area contributed by atoms with Gasteiger partial charge in [-0.25, -0.2) is 4.68 Å². The Morgan fingerprint density at radius 1 is 1.23 bits per heavy atom. The summed E-state index contributed by atoms with van der Waals surface area (Å²) in [6.45, 7) is 0.724. The van der Waals surface area contributed by atoms with E-state index in [9.17, 15) is 9.59 Å². The van der Waals surface area contributed by atoms with Crippen LogP contribution < -0.4 is 4.90 Å². The molecule has 136 valence electrons. The molecule has 4 rings (SSSR count). The molecule has 0 atom stereocenters. The summed E-state index contributed by atoms with van der Waals surface area (Å²) in [5.41, 5.74) is 1.42. The van der Waals surface area contributed by atoms with Crippen molar-refractivity contribution in [2.24, 2.45) is 0 Å². The van der Waals surface area contributed by atoms with E-state index in [1.807, 2.05) is 22.9 Å². The molecule has 0 radical (unpaired) electrons. The quantitative estimate of drug-likeness (QED) is 0.574. The highest BCUT2D eigenvalue weighted by Gasteiger charge is 2.24. The predicted octanol–water partition coefficient (Wildman–Crippen LogP) is 2.89. The van der Waals surface area contributed by atoms with Gasteiger partial charge in [0.1, 0.15) is 0 Å². The van der Waals surface area contributed by atoms with Gasteiger partial charge < -0.3 is 4.90 Å². The van der Waals surface area contributed by atoms with Gasteiger partial charge in [0.05, 0.1) is 11.8 Å². The lowest BCUT2D eigenvalue weighted by molar-refractivity contribution is -0.117. The maximum atomic E-state index is 12.6. The van der Waals surface area contributed by atoms with E-state index in [0.717, 1.165) is 31.5 Å². The lowest BCUT2D eigenvalue weighted by Gasteiger charge is -2.16. The molecule has 2 aromatic rings. The Morgan fingerprint density at radius 3 is 2.85 bits per heavy atom. The van der Waals surface area contributed by atoms with Crippen LogP contribution in [-0.2, 0) is 4.79 Å². The monoisotopic (exact) mass is 371 g/mol. The number of rotatable bonds is 6. The Labute approximate surface area is 156 Å². The van der Waals surface area contributed by atoms with Gasteiger partial charge in [0.2, 0.25) is 11.1 Å². The first-order valence-corrected chi connectivity index (χ1v) is 10.1. The van der Waals surface area contributed by atoms with Crippen molar-refractivity contribution in [3.05, 3.63) is 29.8 Å². The number of ketones is 1. The molecule has 26 heavy (non-hydrogen) atoms. The molecule has 2 fully saturated rings. The number of thioether (sulfide) groups is 1. The van der Waals surface area contributed by atoms with Crippen molar-refractivity contribution in [1.82, 2.24) is 20.2 Å². The van der Waals surface area contributed by atoms with Crippen molar-refractivity contribution in [3.63, 3.8) is 0 Å². The highest BCUT2D eigenvalue weighted by Crippen LogP contribution is 2.31. The van der Waals surface area contributed by atoms with Gasteiger partial charge in [0, 0.05) is 24.2 Å². The largest absolute Gasteiger partial charge is 0.312 e. The third-order valence-electron chi connectivity index (χ3n) is 5.02. The smallest absolute Gasteiger partial charge is 0.227 e. The summed E-state index contributed by atoms with van der Waals surface area (Å²) in [6, 6.07) is 7.68. The first-order valence-electron chi connectivity index (χ1n) is 9.06. The molecule has 1 saturated heterocycles. The molecule has 1 aromatic heterocycles. The van der Waals surface area contributed by atoms with Gasteiger partial charge in [-0.1, -0.05) is 36.7 Å². The van der Waals surface area contributed by atoms with Crippen LogP contribution >= 0.6 is 11.8 Å². The number of amides is 1. The Kier molecular flexibility index (Phi) is 5.01. The maximum absolute atomic E-state index is 12.6. The van der Waals surface area contributed by atoms with E-state index in [0.29, 0.717) is 23.2 Å². The van der Waals surface area contributed by atoms with E-state index in [4.69, 9.17) is 0 Å². The summed E-state index contributed by atoms with van der Waals surface area (Å²) in [4.78, 5) is 26.3. The third kappa shape index (κ3) is 3.51. The molecule has 0 N–H and O–H groups in total. The maximum Gasteiger partial charge on any atom is 0.227 e. The fourth-order valence-electron chi connectivity index (χ4n) is 3.64. The van der Waals surface area contributed by atoms with Crippen molar-refractivity contribution in [2.75, 3.05) is 17.2 Å². The van der Waals surface area contributed by atoms with Gasteiger partial charge in [-0.05, 0) is 41.8 Å². The number of carbonyl (C=O) groups excluding carboxylic acids is 2. The zero-order chi connectivity index (χ0) is 17.9. The van der Waals surface area contributed by atoms with Gasteiger partial charge in [-0.2, -0.15) is 0 Å². The van der Waals surface area contributed by atoms with Crippen molar-refractivity contribution in [2.45, 2.75) is 49.7 Å². The molecular weight excluding hydrogens is 350 g/mol. The first kappa shape index (κ1) is 17.2. The second-order valence-corrected chi connectivity index (χ2v) is 7.70. The Hall–Kier alpha value is -2.22. The van der Waals surface area contributed by atoms with Gasteiger partial charge >= 0.3 is 0 Å². The van der Waals surface area contributed by atoms with Gasteiger partial charge in [0.25, 0.3) is 0 Å². The molecule has 1 aliphatic heterocycles. The predicted molar refractivity (Wildman–Crippen MR) is 98.4 cm³/mol. The fraction of sp³-hybridized carbons (Fsp3) is 0.500. The fourth-order valence-corrected chi connectivity index (χ4v) is 4.48. The van der Waals surface area contributed by atoms with E-state index in [1.165, 1.54) is 24.6 Å². The molecule has 0 spiro atoms. The van der Waals surface area contributed by atoms with E-state index in [-0.39, 0.29) is 17.4 Å². The molecule has 1 aromatic carbocycles. The summed E-state index contributed by atoms with van der Waals surface area (Å²) in [6.07, 6.45) is 6.05. The molecule has 2 heterocycles. The van der Waals surface area contributed by atoms with Crippen LogP contribution in [0.1, 0.15) is 54.9 Å². The Balaban J connectivity index is 1.43. The van der Waals surface area contributed by atoms with Crippen molar-refractivity contribution < 1.29 is 9.59 Å². The normalized spacial score (nSPS) is 18.0. The number of anilines is 1. The van der Waals surface area contributed by atoms with Gasteiger partial charge in [-0.3, -0.25) is 9.59 Å². The van der Waals surface area contributed by atoms with Crippen molar-refractivity contribution in [1.29, 1.82) is 0 Å². The van der Waals surface area contributed by atoms with E-state index in [2.05, 4.69) is 15.5 Å². The molecule has 1 amide bonds. The standard InChI is InChI=1S/C18H21N5O2S/c24-16(12-26-18-19-20-21-23(18)14-6-1-2-7-14)13-5-3-8-15(11-13)22-10-4-9-17(22)25/h3,5,8,11,14H,1-2,4,6-7,9-10,12H2. The summed E-state index contributed by atoms with van der Waals surface area (Å²) >= 11 is 1.38. The summed E-state index contributed by atoms with van der Waals surface area (Å²) in [5.74, 6) is 0.425. The minimum absolute atomic E-state index is 0.0180. The Morgan fingerprint density at radius 2 is 2.08 bits per heavy atom. The van der Waals surface area contributed by atoms with Gasteiger partial charge in [0.15, 0.2) is 5.78 Å². The second-order valence-electron chi connectivity index (χ2n) is 6.76. The first-order chi connectivity index (χ1) is 12.7. The highest BCUT2D eigenvalue weighted by atomic mass is 32.2. The van der Waals surface area contributed by atoms with E-state index < -0.39 is 0 Å². The SMILES string of the molecule is O=C(CSc1nnnn1C1CCCC1)c1cccc(N2CCCC2=O)c1. The number of hydrogen-bond donors (Lipinski definition) is 0. The van der Waals surface area contributed by atoms with Crippen LogP contribution in [0.25, 0.3) is 0 Å². The van der Waals surface area contributed by atoms with Crippen LogP contribution in [0.15, 0.2) is 29.4 Å². The molecule has 1 saturated carbocycles. The number of hydrogen-bond acceptors (Lipinski definition) is 6. The molecule has 0 bridgehead atoms. The molecule has 7 nitrogen and oxygen atoms in total. The number of nitrogens with zero attached hydrogens (tertiary/aromatic N) is 5. The average molecular weight is 371 g/mol. The molecule has 8 heteroatoms. The molecule has 2 aliphatic rings. The Bertz CT molecular complexity index is 815. The zero-order valence-corrected chi connectivity index (χ0v) is 15.3. The van der Waals surface area contributed by atoms with Crippen LogP contribution in [0.2, 0.25) is 0 Å². The number of tetrazole rings is 1. The van der Waals surface area contributed by atoms with Crippen LogP contribution in [0.3, 0.4) is 0 Å². The summed E-state index contributed by atoms with van der Waals surface area (Å²) in [7, 11) is 0. The van der Waals surface area contributed by atoms with Crippen molar-refractivity contribution in [3.8, 4) is 0 Å². The molecular formula is C18H21N5O2S. The third-order valence-corrected chi connectivity index (χ3v) is 5.95. The number of aromatic nitrogens is 4. The average Bonchev–Trinajstić information content (AvgIpc) is 3.40. The van der Waals surface area contributed by atoms with Crippen LogP contribution in [0.5, 0.6) is 0 Å². The zero-order valence-electron chi connectivity index (χ0n) is 14.5. The minimum atomic E-state index is 0.0180. The van der Waals surface area contributed by atoms with Crippen LogP contribution in [0.4, 0.5) is 5.69 Å². The minimum Gasteiger partial charge on any atom is -0.312 e. The van der Waals surface area contributed by atoms with E-state index in [1.54, 1.807) is 11.0 Å². The van der Waals surface area contributed by atoms with Crippen LogP contribution in [-0.4, -0.2) is 44.2 Å². The van der Waals surface area contributed by atoms with E-state index >= 15 is 0 Å². The lowest BCUT2D eigenvalue weighted by atomic mass is 10.1. The van der Waals surface area contributed by atoms with Gasteiger partial charge in [-0.15, -0.1) is 5.10 Å². The number of Topliss-reactive ketones (excluding diaryl/α,β-unsaturated/α-hetero) is 1. The summed E-state index contributed by atoms with van der Waals surface area (Å²) in [5, 5.41) is 12.7. The second kappa shape index (κ2) is 7.57. The summed E-state index contributed by atoms with van der Waals surface area (Å²) < 4.78 is 1.87. The number of carbonyl (C=O) groups is 2.